The Bertz CT molecular complexity index is 1140. The van der Waals surface area contributed by atoms with Crippen LogP contribution in [0.1, 0.15) is 48.2 Å². The van der Waals surface area contributed by atoms with Gasteiger partial charge in [0.2, 0.25) is 5.88 Å². The molecule has 0 saturated carbocycles. The van der Waals surface area contributed by atoms with Gasteiger partial charge in [-0.3, -0.25) is 0 Å². The van der Waals surface area contributed by atoms with Crippen LogP contribution in [0.4, 0.5) is 24.7 Å². The maximum absolute atomic E-state index is 15.1. The summed E-state index contributed by atoms with van der Waals surface area (Å²) in [6.07, 6.45) is -1.09. The van der Waals surface area contributed by atoms with Crippen molar-refractivity contribution in [2.24, 2.45) is 0 Å². The predicted octanol–water partition coefficient (Wildman–Crippen LogP) is 3.89. The van der Waals surface area contributed by atoms with Crippen molar-refractivity contribution >= 4 is 22.4 Å². The summed E-state index contributed by atoms with van der Waals surface area (Å²) < 4.78 is 53.2. The number of alkyl halides is 2. The Kier molecular flexibility index (Phi) is 5.57. The number of aryl methyl sites for hydroxylation is 1. The molecular weight excluding hydrogens is 411 g/mol. The van der Waals surface area contributed by atoms with Crippen LogP contribution in [0.15, 0.2) is 18.3 Å². The number of hydrogen-bond acceptors (Lipinski definition) is 7. The molecule has 164 valence electrons. The number of pyridine rings is 1. The standard InChI is InChI=1S/C21H22F3N5O2/c1-9(13-5-11(25)6-14(18(13)22)19(23)24)16-17-15(28-10(2)29-20(17)26)7-27-21(16)31-12-3-4-30-8-12/h5-7,9,12,19H,3-4,8,25H2,1-2H3,(H2,26,28,29)/t9-,12-/m0/s1. The van der Waals surface area contributed by atoms with Crippen molar-refractivity contribution in [1.29, 1.82) is 0 Å². The van der Waals surface area contributed by atoms with Crippen LogP contribution in [-0.4, -0.2) is 34.3 Å². The molecule has 0 aliphatic carbocycles. The highest BCUT2D eigenvalue weighted by atomic mass is 19.3. The topological polar surface area (TPSA) is 109 Å². The van der Waals surface area contributed by atoms with Crippen LogP contribution in [0.3, 0.4) is 0 Å². The number of anilines is 2. The van der Waals surface area contributed by atoms with Crippen LogP contribution in [-0.2, 0) is 4.74 Å². The van der Waals surface area contributed by atoms with Gasteiger partial charge in [0.25, 0.3) is 6.43 Å². The molecule has 0 bridgehead atoms. The molecular formula is C21H22F3N5O2. The van der Waals surface area contributed by atoms with Gasteiger partial charge in [0.1, 0.15) is 23.6 Å². The summed E-state index contributed by atoms with van der Waals surface area (Å²) in [6.45, 7) is 4.28. The molecule has 2 aromatic heterocycles. The van der Waals surface area contributed by atoms with Gasteiger partial charge < -0.3 is 20.9 Å². The molecule has 1 aliphatic rings. The molecule has 7 nitrogen and oxygen atoms in total. The Balaban J connectivity index is 1.94. The highest BCUT2D eigenvalue weighted by Crippen LogP contribution is 2.41. The molecule has 1 saturated heterocycles. The van der Waals surface area contributed by atoms with E-state index in [-0.39, 0.29) is 29.1 Å². The fourth-order valence-electron chi connectivity index (χ4n) is 3.87. The van der Waals surface area contributed by atoms with Crippen molar-refractivity contribution in [3.05, 3.63) is 46.7 Å². The van der Waals surface area contributed by atoms with Gasteiger partial charge in [0.15, 0.2) is 0 Å². The van der Waals surface area contributed by atoms with Crippen LogP contribution < -0.4 is 16.2 Å². The van der Waals surface area contributed by atoms with E-state index in [4.69, 9.17) is 20.9 Å². The summed E-state index contributed by atoms with van der Waals surface area (Å²) in [5, 5.41) is 0.433. The molecule has 1 aliphatic heterocycles. The van der Waals surface area contributed by atoms with Gasteiger partial charge in [-0.1, -0.05) is 6.92 Å². The largest absolute Gasteiger partial charge is 0.472 e. The number of nitrogens with two attached hydrogens (primary N) is 2. The molecule has 3 heterocycles. The van der Waals surface area contributed by atoms with Crippen molar-refractivity contribution in [3.8, 4) is 5.88 Å². The number of nitrogens with zero attached hydrogens (tertiary/aromatic N) is 3. The first-order valence-corrected chi connectivity index (χ1v) is 9.80. The van der Waals surface area contributed by atoms with E-state index < -0.39 is 23.7 Å². The van der Waals surface area contributed by atoms with Crippen molar-refractivity contribution < 1.29 is 22.6 Å². The molecule has 0 radical (unpaired) electrons. The van der Waals surface area contributed by atoms with E-state index in [9.17, 15) is 8.78 Å². The monoisotopic (exact) mass is 433 g/mol. The van der Waals surface area contributed by atoms with E-state index in [0.717, 1.165) is 6.07 Å². The van der Waals surface area contributed by atoms with Crippen molar-refractivity contribution in [1.82, 2.24) is 15.0 Å². The van der Waals surface area contributed by atoms with Gasteiger partial charge in [0.05, 0.1) is 35.9 Å². The minimum atomic E-state index is -3.01. The Morgan fingerprint density at radius 1 is 1.19 bits per heavy atom. The predicted molar refractivity (Wildman–Crippen MR) is 110 cm³/mol. The Hall–Kier alpha value is -3.14. The van der Waals surface area contributed by atoms with Gasteiger partial charge >= 0.3 is 0 Å². The van der Waals surface area contributed by atoms with Crippen LogP contribution in [0.2, 0.25) is 0 Å². The third-order valence-electron chi connectivity index (χ3n) is 5.33. The van der Waals surface area contributed by atoms with E-state index in [0.29, 0.717) is 41.9 Å². The highest BCUT2D eigenvalue weighted by molar-refractivity contribution is 5.92. The number of ether oxygens (including phenoxy) is 2. The summed E-state index contributed by atoms with van der Waals surface area (Å²) in [5.74, 6) is -0.996. The van der Waals surface area contributed by atoms with Gasteiger partial charge in [-0.15, -0.1) is 0 Å². The van der Waals surface area contributed by atoms with Crippen molar-refractivity contribution in [2.75, 3.05) is 24.7 Å². The van der Waals surface area contributed by atoms with Gasteiger partial charge in [0, 0.05) is 23.6 Å². The van der Waals surface area contributed by atoms with Gasteiger partial charge in [-0.2, -0.15) is 0 Å². The third kappa shape index (κ3) is 3.95. The van der Waals surface area contributed by atoms with Crippen molar-refractivity contribution in [2.45, 2.75) is 38.7 Å². The molecule has 0 unspecified atom stereocenters. The first kappa shape index (κ1) is 21.1. The molecule has 10 heteroatoms. The number of benzene rings is 1. The van der Waals surface area contributed by atoms with Gasteiger partial charge in [-0.25, -0.2) is 28.1 Å². The molecule has 1 aromatic carbocycles. The summed E-state index contributed by atoms with van der Waals surface area (Å²) in [5.41, 5.74) is 12.1. The maximum atomic E-state index is 15.1. The molecule has 0 amide bonds. The summed E-state index contributed by atoms with van der Waals surface area (Å²) in [4.78, 5) is 13.0. The summed E-state index contributed by atoms with van der Waals surface area (Å²) >= 11 is 0. The molecule has 0 spiro atoms. The average molecular weight is 433 g/mol. The zero-order chi connectivity index (χ0) is 22.3. The van der Waals surface area contributed by atoms with E-state index in [1.165, 1.54) is 12.3 Å². The first-order chi connectivity index (χ1) is 14.8. The molecule has 2 atom stereocenters. The molecule has 1 fully saturated rings. The van der Waals surface area contributed by atoms with Crippen molar-refractivity contribution in [3.63, 3.8) is 0 Å². The second-order valence-corrected chi connectivity index (χ2v) is 7.53. The Morgan fingerprint density at radius 3 is 2.61 bits per heavy atom. The minimum Gasteiger partial charge on any atom is -0.472 e. The lowest BCUT2D eigenvalue weighted by Gasteiger charge is -2.22. The first-order valence-electron chi connectivity index (χ1n) is 9.80. The fourth-order valence-corrected chi connectivity index (χ4v) is 3.87. The molecule has 31 heavy (non-hydrogen) atoms. The summed E-state index contributed by atoms with van der Waals surface area (Å²) in [7, 11) is 0. The lowest BCUT2D eigenvalue weighted by Crippen LogP contribution is -2.19. The van der Waals surface area contributed by atoms with Gasteiger partial charge in [-0.05, 0) is 24.6 Å². The number of aromatic nitrogens is 3. The van der Waals surface area contributed by atoms with E-state index >= 15 is 4.39 Å². The number of rotatable bonds is 5. The maximum Gasteiger partial charge on any atom is 0.266 e. The molecule has 4 N–H and O–H groups in total. The fraction of sp³-hybridized carbons (Fsp3) is 0.381. The zero-order valence-electron chi connectivity index (χ0n) is 17.0. The summed E-state index contributed by atoms with van der Waals surface area (Å²) in [6, 6.07) is 2.27. The third-order valence-corrected chi connectivity index (χ3v) is 5.33. The smallest absolute Gasteiger partial charge is 0.266 e. The zero-order valence-corrected chi connectivity index (χ0v) is 17.0. The van der Waals surface area contributed by atoms with Crippen LogP contribution in [0.5, 0.6) is 5.88 Å². The quantitative estimate of drug-likeness (QED) is 0.588. The van der Waals surface area contributed by atoms with Crippen LogP contribution in [0, 0.1) is 12.7 Å². The van der Waals surface area contributed by atoms with Crippen LogP contribution in [0.25, 0.3) is 10.9 Å². The normalized spacial score (nSPS) is 17.4. The van der Waals surface area contributed by atoms with E-state index in [1.54, 1.807) is 13.8 Å². The SMILES string of the molecule is Cc1nc(N)c2c([C@@H](C)c3cc(N)cc(C(F)F)c3F)c(O[C@H]3CCOC3)ncc2n1. The number of fused-ring (bicyclic) bond motifs is 1. The molecule has 3 aromatic rings. The van der Waals surface area contributed by atoms with E-state index in [1.807, 2.05) is 0 Å². The highest BCUT2D eigenvalue weighted by Gasteiger charge is 2.29. The second kappa shape index (κ2) is 8.18. The average Bonchev–Trinajstić information content (AvgIpc) is 3.22. The lowest BCUT2D eigenvalue weighted by atomic mass is 9.89. The minimum absolute atomic E-state index is 0.0166. The number of hydrogen-bond donors (Lipinski definition) is 2. The molecule has 4 rings (SSSR count). The van der Waals surface area contributed by atoms with Crippen LogP contribution >= 0.6 is 0 Å². The second-order valence-electron chi connectivity index (χ2n) is 7.53. The number of halogens is 3. The Labute approximate surface area is 176 Å². The number of nitrogen functional groups attached to an aromatic ring is 2. The van der Waals surface area contributed by atoms with E-state index in [2.05, 4.69) is 15.0 Å². The lowest BCUT2D eigenvalue weighted by molar-refractivity contribution is 0.137. The Morgan fingerprint density at radius 2 is 1.94 bits per heavy atom.